The molecule has 0 saturated carbocycles. The summed E-state index contributed by atoms with van der Waals surface area (Å²) < 4.78 is 0. The van der Waals surface area contributed by atoms with Crippen LogP contribution in [0.3, 0.4) is 0 Å². The summed E-state index contributed by atoms with van der Waals surface area (Å²) in [5.41, 5.74) is 1.02. The zero-order valence-electron chi connectivity index (χ0n) is 10.2. The minimum absolute atomic E-state index is 0.0215. The number of amides is 1. The first-order valence-corrected chi connectivity index (χ1v) is 5.87. The Morgan fingerprint density at radius 3 is 2.58 bits per heavy atom. The summed E-state index contributed by atoms with van der Waals surface area (Å²) in [4.78, 5) is 15.6. The van der Waals surface area contributed by atoms with Crippen LogP contribution in [0, 0.1) is 0 Å². The van der Waals surface area contributed by atoms with Crippen LogP contribution in [0.5, 0.6) is 11.5 Å². The number of aromatic nitrogens is 1. The molecule has 0 aliphatic rings. The first kappa shape index (κ1) is 12.9. The third-order valence-electron chi connectivity index (χ3n) is 2.64. The molecule has 1 aromatic carbocycles. The van der Waals surface area contributed by atoms with Crippen molar-refractivity contribution < 1.29 is 15.0 Å². The quantitative estimate of drug-likeness (QED) is 0.775. The summed E-state index contributed by atoms with van der Waals surface area (Å²) in [5.74, 6) is -0.326. The van der Waals surface area contributed by atoms with Gasteiger partial charge in [0.25, 0.3) is 5.91 Å². The fourth-order valence-electron chi connectivity index (χ4n) is 1.64. The molecule has 0 bridgehead atoms. The highest BCUT2D eigenvalue weighted by Crippen LogP contribution is 2.12. The maximum atomic E-state index is 11.7. The number of hydrogen-bond donors (Lipinski definition) is 3. The lowest BCUT2D eigenvalue weighted by molar-refractivity contribution is 0.0946. The van der Waals surface area contributed by atoms with Crippen LogP contribution in [0.4, 0.5) is 0 Å². The summed E-state index contributed by atoms with van der Waals surface area (Å²) in [6.07, 6.45) is 2.09. The van der Waals surface area contributed by atoms with Crippen LogP contribution >= 0.6 is 0 Å². The van der Waals surface area contributed by atoms with Gasteiger partial charge < -0.3 is 15.5 Å². The van der Waals surface area contributed by atoms with E-state index in [9.17, 15) is 9.90 Å². The monoisotopic (exact) mass is 258 g/mol. The van der Waals surface area contributed by atoms with Gasteiger partial charge in [-0.15, -0.1) is 0 Å². The number of benzene rings is 1. The van der Waals surface area contributed by atoms with Crippen molar-refractivity contribution in [2.45, 2.75) is 6.42 Å². The Labute approximate surface area is 110 Å². The van der Waals surface area contributed by atoms with Gasteiger partial charge in [0.15, 0.2) is 5.69 Å². The summed E-state index contributed by atoms with van der Waals surface area (Å²) in [5, 5.41) is 21.3. The second-order valence-electron chi connectivity index (χ2n) is 4.04. The summed E-state index contributed by atoms with van der Waals surface area (Å²) in [6.45, 7) is 0.430. The zero-order chi connectivity index (χ0) is 13.7. The summed E-state index contributed by atoms with van der Waals surface area (Å²) in [7, 11) is 0. The van der Waals surface area contributed by atoms with Gasteiger partial charge >= 0.3 is 0 Å². The molecule has 1 heterocycles. The van der Waals surface area contributed by atoms with Gasteiger partial charge in [-0.2, -0.15) is 0 Å². The Kier molecular flexibility index (Phi) is 3.97. The van der Waals surface area contributed by atoms with E-state index in [0.29, 0.717) is 13.0 Å². The first-order valence-electron chi connectivity index (χ1n) is 5.87. The SMILES string of the molecule is O=C(NCCc1ccc(O)cc1)c1ncccc1O. The fourth-order valence-corrected chi connectivity index (χ4v) is 1.64. The molecule has 98 valence electrons. The van der Waals surface area contributed by atoms with Crippen LogP contribution in [-0.4, -0.2) is 27.6 Å². The Hall–Kier alpha value is -2.56. The molecule has 19 heavy (non-hydrogen) atoms. The number of pyridine rings is 1. The van der Waals surface area contributed by atoms with Crippen LogP contribution in [-0.2, 0) is 6.42 Å². The van der Waals surface area contributed by atoms with Crippen LogP contribution in [0.15, 0.2) is 42.6 Å². The zero-order valence-corrected chi connectivity index (χ0v) is 10.2. The third-order valence-corrected chi connectivity index (χ3v) is 2.64. The van der Waals surface area contributed by atoms with Crippen molar-refractivity contribution in [2.75, 3.05) is 6.54 Å². The standard InChI is InChI=1S/C14H14N2O3/c17-11-5-3-10(4-6-11)7-9-16-14(19)13-12(18)2-1-8-15-13/h1-6,8,17-18H,7,9H2,(H,16,19). The number of phenolic OH excluding ortho intramolecular Hbond substituents is 1. The smallest absolute Gasteiger partial charge is 0.273 e. The molecule has 2 rings (SSSR count). The number of carbonyl (C=O) groups excluding carboxylic acids is 1. The van der Waals surface area contributed by atoms with Gasteiger partial charge in [-0.25, -0.2) is 4.98 Å². The number of hydrogen-bond acceptors (Lipinski definition) is 4. The van der Waals surface area contributed by atoms with Crippen LogP contribution in [0.2, 0.25) is 0 Å². The molecule has 5 nitrogen and oxygen atoms in total. The molecule has 0 atom stereocenters. The van der Waals surface area contributed by atoms with Crippen molar-refractivity contribution in [2.24, 2.45) is 0 Å². The van der Waals surface area contributed by atoms with Crippen LogP contribution < -0.4 is 5.32 Å². The lowest BCUT2D eigenvalue weighted by atomic mass is 10.1. The Balaban J connectivity index is 1.88. The maximum Gasteiger partial charge on any atom is 0.273 e. The van der Waals surface area contributed by atoms with Gasteiger partial charge in [0.1, 0.15) is 11.5 Å². The topological polar surface area (TPSA) is 82.5 Å². The summed E-state index contributed by atoms with van der Waals surface area (Å²) >= 11 is 0. The minimum atomic E-state index is -0.406. The molecule has 0 aliphatic heterocycles. The van der Waals surface area contributed by atoms with Crippen molar-refractivity contribution in [1.82, 2.24) is 10.3 Å². The second-order valence-corrected chi connectivity index (χ2v) is 4.04. The molecule has 0 unspecified atom stereocenters. The highest BCUT2D eigenvalue weighted by molar-refractivity contribution is 5.94. The number of aromatic hydroxyl groups is 2. The maximum absolute atomic E-state index is 11.7. The molecule has 3 N–H and O–H groups in total. The predicted octanol–water partition coefficient (Wildman–Crippen LogP) is 1.47. The van der Waals surface area contributed by atoms with E-state index in [1.165, 1.54) is 12.3 Å². The molecular weight excluding hydrogens is 244 g/mol. The van der Waals surface area contributed by atoms with Gasteiger partial charge in [0, 0.05) is 12.7 Å². The van der Waals surface area contributed by atoms with E-state index < -0.39 is 5.91 Å². The molecule has 1 amide bonds. The van der Waals surface area contributed by atoms with Crippen LogP contribution in [0.1, 0.15) is 16.1 Å². The van der Waals surface area contributed by atoms with Crippen LogP contribution in [0.25, 0.3) is 0 Å². The number of nitrogens with zero attached hydrogens (tertiary/aromatic N) is 1. The van der Waals surface area contributed by atoms with Gasteiger partial charge in [-0.3, -0.25) is 4.79 Å². The first-order chi connectivity index (χ1) is 9.16. The minimum Gasteiger partial charge on any atom is -0.508 e. The van der Waals surface area contributed by atoms with E-state index in [-0.39, 0.29) is 17.2 Å². The largest absolute Gasteiger partial charge is 0.508 e. The molecule has 2 aromatic rings. The number of carbonyl (C=O) groups is 1. The Morgan fingerprint density at radius 2 is 1.89 bits per heavy atom. The molecule has 1 aromatic heterocycles. The average molecular weight is 258 g/mol. The second kappa shape index (κ2) is 5.86. The van der Waals surface area contributed by atoms with Gasteiger partial charge in [-0.05, 0) is 36.2 Å². The lowest BCUT2D eigenvalue weighted by Gasteiger charge is -2.06. The van der Waals surface area contributed by atoms with E-state index in [4.69, 9.17) is 5.11 Å². The van der Waals surface area contributed by atoms with Crippen molar-refractivity contribution in [3.63, 3.8) is 0 Å². The van der Waals surface area contributed by atoms with Gasteiger partial charge in [0.2, 0.25) is 0 Å². The van der Waals surface area contributed by atoms with E-state index in [2.05, 4.69) is 10.3 Å². The average Bonchev–Trinajstić information content (AvgIpc) is 2.41. The predicted molar refractivity (Wildman–Crippen MR) is 70.0 cm³/mol. The lowest BCUT2D eigenvalue weighted by Crippen LogP contribution is -2.26. The Morgan fingerprint density at radius 1 is 1.16 bits per heavy atom. The van der Waals surface area contributed by atoms with Crippen molar-refractivity contribution >= 4 is 5.91 Å². The van der Waals surface area contributed by atoms with Gasteiger partial charge in [-0.1, -0.05) is 12.1 Å². The normalized spacial score (nSPS) is 10.1. The molecule has 0 fully saturated rings. The molecule has 0 aliphatic carbocycles. The van der Waals surface area contributed by atoms with E-state index in [1.807, 2.05) is 0 Å². The fraction of sp³-hybridized carbons (Fsp3) is 0.143. The Bertz CT molecular complexity index is 567. The molecule has 0 spiro atoms. The molecular formula is C14H14N2O3. The third kappa shape index (κ3) is 3.45. The highest BCUT2D eigenvalue weighted by atomic mass is 16.3. The molecule has 0 radical (unpaired) electrons. The molecule has 5 heteroatoms. The number of nitrogens with one attached hydrogen (secondary N) is 1. The van der Waals surface area contributed by atoms with E-state index >= 15 is 0 Å². The number of rotatable bonds is 4. The summed E-state index contributed by atoms with van der Waals surface area (Å²) in [6, 6.07) is 9.76. The van der Waals surface area contributed by atoms with E-state index in [0.717, 1.165) is 5.56 Å². The van der Waals surface area contributed by atoms with Crippen molar-refractivity contribution in [3.8, 4) is 11.5 Å². The van der Waals surface area contributed by atoms with Crippen molar-refractivity contribution in [3.05, 3.63) is 53.9 Å². The molecule has 0 saturated heterocycles. The highest BCUT2D eigenvalue weighted by Gasteiger charge is 2.10. The van der Waals surface area contributed by atoms with Crippen molar-refractivity contribution in [1.29, 1.82) is 0 Å². The van der Waals surface area contributed by atoms with Gasteiger partial charge in [0.05, 0.1) is 0 Å². The number of phenols is 1. The van der Waals surface area contributed by atoms with E-state index in [1.54, 1.807) is 30.3 Å².